The molecule has 1 aromatic rings. The molecule has 2 unspecified atom stereocenters. The summed E-state index contributed by atoms with van der Waals surface area (Å²) in [6.07, 6.45) is 7.59. The molecule has 31 heavy (non-hydrogen) atoms. The van der Waals surface area contributed by atoms with Gasteiger partial charge in [0.1, 0.15) is 0 Å². The molecule has 4 rings (SSSR count). The number of piperidine rings is 1. The van der Waals surface area contributed by atoms with E-state index in [2.05, 4.69) is 11.0 Å². The van der Waals surface area contributed by atoms with Gasteiger partial charge in [0.2, 0.25) is 11.8 Å². The van der Waals surface area contributed by atoms with Crippen molar-refractivity contribution in [1.82, 2.24) is 9.80 Å². The summed E-state index contributed by atoms with van der Waals surface area (Å²) in [5, 5.41) is 0. The number of carbonyl (C=O) groups is 2. The number of fused-ring (bicyclic) bond motifs is 3. The van der Waals surface area contributed by atoms with Crippen molar-refractivity contribution >= 4 is 17.5 Å². The number of methoxy groups -OCH3 is 1. The lowest BCUT2D eigenvalue weighted by molar-refractivity contribution is -0.134. The van der Waals surface area contributed by atoms with E-state index < -0.39 is 0 Å². The molecule has 2 fully saturated rings. The normalized spacial score (nSPS) is 25.0. The van der Waals surface area contributed by atoms with E-state index in [-0.39, 0.29) is 11.8 Å². The number of carbonyl (C=O) groups excluding carboxylic acids is 2. The lowest BCUT2D eigenvalue weighted by atomic mass is 9.92. The number of nitrogens with zero attached hydrogens (tertiary/aromatic N) is 3. The second kappa shape index (κ2) is 10.1. The number of rotatable bonds is 5. The Hall–Kier alpha value is -1.92. The SMILES string of the molecule is COCCC(=O)N1Cc2ccccc2N(C(C)=O)CCC2CCCC(C1)N2CC1CC1. The first-order valence-electron chi connectivity index (χ1n) is 11.9. The highest BCUT2D eigenvalue weighted by Gasteiger charge is 2.37. The summed E-state index contributed by atoms with van der Waals surface area (Å²) in [4.78, 5) is 32.5. The van der Waals surface area contributed by atoms with Crippen LogP contribution < -0.4 is 4.90 Å². The second-order valence-electron chi connectivity index (χ2n) is 9.48. The fraction of sp³-hybridized carbons (Fsp3) is 0.680. The number of benzene rings is 1. The van der Waals surface area contributed by atoms with Gasteiger partial charge in [-0.1, -0.05) is 24.6 Å². The molecule has 0 N–H and O–H groups in total. The van der Waals surface area contributed by atoms with Crippen LogP contribution in [0.25, 0.3) is 0 Å². The summed E-state index contributed by atoms with van der Waals surface area (Å²) in [5.41, 5.74) is 2.00. The zero-order chi connectivity index (χ0) is 21.8. The van der Waals surface area contributed by atoms with E-state index >= 15 is 0 Å². The third-order valence-electron chi connectivity index (χ3n) is 7.19. The summed E-state index contributed by atoms with van der Waals surface area (Å²) in [6, 6.07) is 8.98. The molecular formula is C25H37N3O3. The van der Waals surface area contributed by atoms with Crippen molar-refractivity contribution in [1.29, 1.82) is 0 Å². The molecule has 3 aliphatic rings. The van der Waals surface area contributed by atoms with Gasteiger partial charge in [0, 0.05) is 58.0 Å². The fourth-order valence-corrected chi connectivity index (χ4v) is 5.32. The summed E-state index contributed by atoms with van der Waals surface area (Å²) in [6.45, 7) is 5.28. The van der Waals surface area contributed by atoms with E-state index in [0.29, 0.717) is 31.7 Å². The monoisotopic (exact) mass is 427 g/mol. The molecule has 170 valence electrons. The Morgan fingerprint density at radius 3 is 2.58 bits per heavy atom. The molecule has 2 bridgehead atoms. The minimum absolute atomic E-state index is 0.0741. The molecule has 2 atom stereocenters. The second-order valence-corrected chi connectivity index (χ2v) is 9.48. The van der Waals surface area contributed by atoms with E-state index in [1.807, 2.05) is 28.0 Å². The van der Waals surface area contributed by atoms with Crippen LogP contribution in [0.4, 0.5) is 5.69 Å². The number of ether oxygens (including phenoxy) is 1. The summed E-state index contributed by atoms with van der Waals surface area (Å²) < 4.78 is 5.19. The molecular weight excluding hydrogens is 390 g/mol. The minimum atomic E-state index is 0.0741. The average Bonchev–Trinajstić information content (AvgIpc) is 3.58. The van der Waals surface area contributed by atoms with Crippen molar-refractivity contribution in [3.8, 4) is 0 Å². The van der Waals surface area contributed by atoms with Gasteiger partial charge in [0.15, 0.2) is 0 Å². The highest BCUT2D eigenvalue weighted by molar-refractivity contribution is 5.92. The van der Waals surface area contributed by atoms with E-state index in [0.717, 1.165) is 49.6 Å². The molecule has 6 heteroatoms. The van der Waals surface area contributed by atoms with Gasteiger partial charge >= 0.3 is 0 Å². The van der Waals surface area contributed by atoms with Gasteiger partial charge in [-0.2, -0.15) is 0 Å². The minimum Gasteiger partial charge on any atom is -0.384 e. The summed E-state index contributed by atoms with van der Waals surface area (Å²) in [5.74, 6) is 1.02. The van der Waals surface area contributed by atoms with Crippen molar-refractivity contribution in [2.75, 3.05) is 38.3 Å². The summed E-state index contributed by atoms with van der Waals surface area (Å²) >= 11 is 0. The molecule has 2 amide bonds. The Kier molecular flexibility index (Phi) is 7.28. The Labute approximate surface area is 186 Å². The van der Waals surface area contributed by atoms with Crippen LogP contribution in [0.2, 0.25) is 0 Å². The number of anilines is 1. The van der Waals surface area contributed by atoms with Crippen molar-refractivity contribution in [3.05, 3.63) is 29.8 Å². The van der Waals surface area contributed by atoms with Crippen molar-refractivity contribution < 1.29 is 14.3 Å². The van der Waals surface area contributed by atoms with E-state index in [1.165, 1.54) is 25.7 Å². The quantitative estimate of drug-likeness (QED) is 0.722. The Morgan fingerprint density at radius 1 is 1.06 bits per heavy atom. The first kappa shape index (κ1) is 22.3. The number of para-hydroxylation sites is 1. The van der Waals surface area contributed by atoms with Crippen LogP contribution in [0, 0.1) is 5.92 Å². The largest absolute Gasteiger partial charge is 0.384 e. The fourth-order valence-electron chi connectivity index (χ4n) is 5.32. The van der Waals surface area contributed by atoms with Gasteiger partial charge in [-0.05, 0) is 49.7 Å². The number of amides is 2. The standard InChI is InChI=1S/C25H37N3O3/c1-19(29)27-14-12-22-7-5-8-23(28(22)16-20-10-11-20)18-26(25(30)13-15-31-2)17-21-6-3-4-9-24(21)27/h3-4,6,9,20,22-23H,5,7-8,10-18H2,1-2H3. The van der Waals surface area contributed by atoms with Crippen LogP contribution in [-0.2, 0) is 20.9 Å². The van der Waals surface area contributed by atoms with Crippen LogP contribution in [0.1, 0.15) is 57.4 Å². The molecule has 2 aliphatic heterocycles. The van der Waals surface area contributed by atoms with Gasteiger partial charge in [0.05, 0.1) is 13.0 Å². The molecule has 1 aliphatic carbocycles. The van der Waals surface area contributed by atoms with Gasteiger partial charge < -0.3 is 14.5 Å². The van der Waals surface area contributed by atoms with Crippen molar-refractivity contribution in [3.63, 3.8) is 0 Å². The zero-order valence-corrected chi connectivity index (χ0v) is 19.1. The van der Waals surface area contributed by atoms with Gasteiger partial charge in [-0.25, -0.2) is 0 Å². The molecule has 0 radical (unpaired) electrons. The third kappa shape index (κ3) is 5.47. The lowest BCUT2D eigenvalue weighted by Gasteiger charge is -2.44. The maximum atomic E-state index is 13.2. The van der Waals surface area contributed by atoms with E-state index in [4.69, 9.17) is 4.74 Å². The van der Waals surface area contributed by atoms with Crippen LogP contribution in [0.3, 0.4) is 0 Å². The predicted octanol–water partition coefficient (Wildman–Crippen LogP) is 3.44. The topological polar surface area (TPSA) is 53.1 Å². The highest BCUT2D eigenvalue weighted by atomic mass is 16.5. The summed E-state index contributed by atoms with van der Waals surface area (Å²) in [7, 11) is 1.64. The Balaban J connectivity index is 1.68. The first-order valence-corrected chi connectivity index (χ1v) is 11.9. The van der Waals surface area contributed by atoms with Crippen LogP contribution in [0.15, 0.2) is 24.3 Å². The number of hydrogen-bond acceptors (Lipinski definition) is 4. The van der Waals surface area contributed by atoms with Crippen molar-refractivity contribution in [2.45, 2.75) is 70.5 Å². The van der Waals surface area contributed by atoms with Crippen LogP contribution in [-0.4, -0.2) is 67.0 Å². The molecule has 1 saturated heterocycles. The lowest BCUT2D eigenvalue weighted by Crippen LogP contribution is -2.53. The molecule has 1 aromatic carbocycles. The molecule has 2 heterocycles. The predicted molar refractivity (Wildman–Crippen MR) is 122 cm³/mol. The Morgan fingerprint density at radius 2 is 1.84 bits per heavy atom. The zero-order valence-electron chi connectivity index (χ0n) is 19.1. The van der Waals surface area contributed by atoms with Gasteiger partial charge in [0.25, 0.3) is 0 Å². The first-order chi connectivity index (χ1) is 15.1. The average molecular weight is 428 g/mol. The third-order valence-corrected chi connectivity index (χ3v) is 7.19. The molecule has 0 aromatic heterocycles. The highest BCUT2D eigenvalue weighted by Crippen LogP contribution is 2.36. The van der Waals surface area contributed by atoms with E-state index in [9.17, 15) is 9.59 Å². The Bertz CT molecular complexity index is 779. The molecule has 6 nitrogen and oxygen atoms in total. The molecule has 1 saturated carbocycles. The van der Waals surface area contributed by atoms with E-state index in [1.54, 1.807) is 14.0 Å². The maximum Gasteiger partial charge on any atom is 0.225 e. The van der Waals surface area contributed by atoms with Gasteiger partial charge in [-0.15, -0.1) is 0 Å². The smallest absolute Gasteiger partial charge is 0.225 e. The maximum absolute atomic E-state index is 13.2. The van der Waals surface area contributed by atoms with Gasteiger partial charge in [-0.3, -0.25) is 14.5 Å². The van der Waals surface area contributed by atoms with Crippen LogP contribution in [0.5, 0.6) is 0 Å². The van der Waals surface area contributed by atoms with Crippen LogP contribution >= 0.6 is 0 Å². The van der Waals surface area contributed by atoms with Crippen molar-refractivity contribution in [2.24, 2.45) is 5.92 Å². The molecule has 0 spiro atoms. The number of hydrogen-bond donors (Lipinski definition) is 0.